The van der Waals surface area contributed by atoms with Gasteiger partial charge in [-0.15, -0.1) is 0 Å². The van der Waals surface area contributed by atoms with Crippen molar-refractivity contribution in [1.82, 2.24) is 9.78 Å². The van der Waals surface area contributed by atoms with Crippen LogP contribution in [-0.2, 0) is 11.3 Å². The van der Waals surface area contributed by atoms with Crippen molar-refractivity contribution in [3.05, 3.63) is 46.7 Å². The summed E-state index contributed by atoms with van der Waals surface area (Å²) in [5.41, 5.74) is 2.21. The second kappa shape index (κ2) is 5.25. The standard InChI is InChI=1S/C11H12BrN3O/c12-11-5-7-14-15(11)10-3-1-9(2-4-10)6-8-16-13/h1-5,7H,6,8,13H2. The van der Waals surface area contributed by atoms with Gasteiger partial charge in [-0.1, -0.05) is 12.1 Å². The van der Waals surface area contributed by atoms with Gasteiger partial charge in [-0.3, -0.25) is 0 Å². The van der Waals surface area contributed by atoms with Crippen LogP contribution in [0.2, 0.25) is 0 Å². The summed E-state index contributed by atoms with van der Waals surface area (Å²) < 4.78 is 2.76. The van der Waals surface area contributed by atoms with Crippen molar-refractivity contribution in [1.29, 1.82) is 0 Å². The first-order valence-electron chi connectivity index (χ1n) is 4.92. The fourth-order valence-electron chi connectivity index (χ4n) is 1.46. The average molecular weight is 282 g/mol. The SMILES string of the molecule is NOCCc1ccc(-n2nccc2Br)cc1. The fraction of sp³-hybridized carbons (Fsp3) is 0.182. The predicted molar refractivity (Wildman–Crippen MR) is 65.1 cm³/mol. The van der Waals surface area contributed by atoms with Gasteiger partial charge in [0.1, 0.15) is 4.60 Å². The Hall–Kier alpha value is -1.17. The molecule has 1 aromatic heterocycles. The maximum atomic E-state index is 4.98. The smallest absolute Gasteiger partial charge is 0.109 e. The van der Waals surface area contributed by atoms with Crippen molar-refractivity contribution in [3.8, 4) is 5.69 Å². The minimum atomic E-state index is 0.533. The molecule has 0 spiro atoms. The van der Waals surface area contributed by atoms with Crippen molar-refractivity contribution in [2.75, 3.05) is 6.61 Å². The summed E-state index contributed by atoms with van der Waals surface area (Å²) in [6, 6.07) is 10.0. The third-order valence-electron chi connectivity index (χ3n) is 2.29. The highest BCUT2D eigenvalue weighted by Gasteiger charge is 2.01. The van der Waals surface area contributed by atoms with E-state index < -0.39 is 0 Å². The third kappa shape index (κ3) is 2.49. The molecule has 5 heteroatoms. The number of rotatable bonds is 4. The van der Waals surface area contributed by atoms with Gasteiger partial charge in [0.25, 0.3) is 0 Å². The number of nitrogens with two attached hydrogens (primary N) is 1. The van der Waals surface area contributed by atoms with Crippen molar-refractivity contribution < 1.29 is 4.84 Å². The van der Waals surface area contributed by atoms with Crippen LogP contribution < -0.4 is 5.90 Å². The zero-order valence-electron chi connectivity index (χ0n) is 8.64. The van der Waals surface area contributed by atoms with Crippen LogP contribution in [0.25, 0.3) is 5.69 Å². The van der Waals surface area contributed by atoms with Crippen molar-refractivity contribution in [2.24, 2.45) is 5.90 Å². The summed E-state index contributed by atoms with van der Waals surface area (Å²) in [7, 11) is 0. The molecule has 84 valence electrons. The highest BCUT2D eigenvalue weighted by atomic mass is 79.9. The van der Waals surface area contributed by atoms with Crippen LogP contribution in [0.5, 0.6) is 0 Å². The molecule has 2 rings (SSSR count). The van der Waals surface area contributed by atoms with E-state index in [9.17, 15) is 0 Å². The zero-order valence-corrected chi connectivity index (χ0v) is 10.2. The van der Waals surface area contributed by atoms with E-state index in [4.69, 9.17) is 5.90 Å². The lowest BCUT2D eigenvalue weighted by molar-refractivity contribution is 0.141. The van der Waals surface area contributed by atoms with Gasteiger partial charge in [-0.05, 0) is 46.1 Å². The highest BCUT2D eigenvalue weighted by molar-refractivity contribution is 9.10. The van der Waals surface area contributed by atoms with E-state index in [0.717, 1.165) is 16.7 Å². The van der Waals surface area contributed by atoms with E-state index in [1.54, 1.807) is 6.20 Å². The van der Waals surface area contributed by atoms with Crippen molar-refractivity contribution in [2.45, 2.75) is 6.42 Å². The number of nitrogens with zero attached hydrogens (tertiary/aromatic N) is 2. The second-order valence-electron chi connectivity index (χ2n) is 3.35. The van der Waals surface area contributed by atoms with Gasteiger partial charge in [0.2, 0.25) is 0 Å². The van der Waals surface area contributed by atoms with Gasteiger partial charge >= 0.3 is 0 Å². The summed E-state index contributed by atoms with van der Waals surface area (Å²) >= 11 is 3.43. The first-order chi connectivity index (χ1) is 7.81. The maximum absolute atomic E-state index is 4.98. The Morgan fingerprint density at radius 1 is 1.25 bits per heavy atom. The first-order valence-corrected chi connectivity index (χ1v) is 5.71. The van der Waals surface area contributed by atoms with Crippen LogP contribution >= 0.6 is 15.9 Å². The summed E-state index contributed by atoms with van der Waals surface area (Å²) in [5, 5.41) is 4.20. The van der Waals surface area contributed by atoms with Gasteiger partial charge in [0.05, 0.1) is 18.5 Å². The maximum Gasteiger partial charge on any atom is 0.109 e. The molecule has 0 aliphatic heterocycles. The number of benzene rings is 1. The Morgan fingerprint density at radius 3 is 2.56 bits per heavy atom. The zero-order chi connectivity index (χ0) is 11.4. The van der Waals surface area contributed by atoms with Gasteiger partial charge in [-0.2, -0.15) is 5.10 Å². The lowest BCUT2D eigenvalue weighted by Gasteiger charge is -2.05. The summed E-state index contributed by atoms with van der Waals surface area (Å²) in [5.74, 6) is 4.98. The molecule has 4 nitrogen and oxygen atoms in total. The number of aromatic nitrogens is 2. The molecule has 1 heterocycles. The number of hydrogen-bond donors (Lipinski definition) is 1. The molecule has 0 bridgehead atoms. The first kappa shape index (κ1) is 11.3. The Labute approximate surface area is 102 Å². The lowest BCUT2D eigenvalue weighted by Crippen LogP contribution is -2.04. The van der Waals surface area contributed by atoms with Crippen LogP contribution in [0.4, 0.5) is 0 Å². The fourth-order valence-corrected chi connectivity index (χ4v) is 1.87. The van der Waals surface area contributed by atoms with E-state index in [0.29, 0.717) is 6.61 Å². The van der Waals surface area contributed by atoms with E-state index in [2.05, 4.69) is 25.9 Å². The molecule has 0 aliphatic rings. The van der Waals surface area contributed by atoms with E-state index in [1.807, 2.05) is 35.0 Å². The molecule has 0 saturated heterocycles. The third-order valence-corrected chi connectivity index (χ3v) is 2.89. The minimum absolute atomic E-state index is 0.533. The van der Waals surface area contributed by atoms with Gasteiger partial charge < -0.3 is 4.84 Å². The molecule has 0 aliphatic carbocycles. The molecule has 0 atom stereocenters. The molecule has 0 amide bonds. The summed E-state index contributed by atoms with van der Waals surface area (Å²) in [4.78, 5) is 4.54. The normalized spacial score (nSPS) is 10.6. The van der Waals surface area contributed by atoms with Crippen molar-refractivity contribution >= 4 is 15.9 Å². The van der Waals surface area contributed by atoms with Gasteiger partial charge in [0.15, 0.2) is 0 Å². The topological polar surface area (TPSA) is 53.1 Å². The van der Waals surface area contributed by atoms with Crippen LogP contribution in [0, 0.1) is 0 Å². The summed E-state index contributed by atoms with van der Waals surface area (Å²) in [6.07, 6.45) is 2.57. The summed E-state index contributed by atoms with van der Waals surface area (Å²) in [6.45, 7) is 0.533. The van der Waals surface area contributed by atoms with Crippen LogP contribution in [0.1, 0.15) is 5.56 Å². The molecule has 0 unspecified atom stereocenters. The van der Waals surface area contributed by atoms with Crippen LogP contribution in [0.15, 0.2) is 41.1 Å². The monoisotopic (exact) mass is 281 g/mol. The Kier molecular flexibility index (Phi) is 3.71. The molecule has 1 aromatic carbocycles. The Morgan fingerprint density at radius 2 is 2.00 bits per heavy atom. The van der Waals surface area contributed by atoms with Crippen molar-refractivity contribution in [3.63, 3.8) is 0 Å². The molecule has 0 radical (unpaired) electrons. The van der Waals surface area contributed by atoms with E-state index in [-0.39, 0.29) is 0 Å². The number of halogens is 1. The average Bonchev–Trinajstić information content (AvgIpc) is 2.74. The Bertz CT molecular complexity index is 453. The molecule has 0 fully saturated rings. The molecular weight excluding hydrogens is 270 g/mol. The molecule has 2 aromatic rings. The second-order valence-corrected chi connectivity index (χ2v) is 4.17. The van der Waals surface area contributed by atoms with Crippen LogP contribution in [-0.4, -0.2) is 16.4 Å². The predicted octanol–water partition coefficient (Wildman–Crippen LogP) is 2.07. The molecule has 2 N–H and O–H groups in total. The lowest BCUT2D eigenvalue weighted by atomic mass is 10.1. The number of hydrogen-bond acceptors (Lipinski definition) is 3. The molecule has 16 heavy (non-hydrogen) atoms. The highest BCUT2D eigenvalue weighted by Crippen LogP contribution is 2.16. The quantitative estimate of drug-likeness (QED) is 0.873. The minimum Gasteiger partial charge on any atom is -0.304 e. The van der Waals surface area contributed by atoms with Gasteiger partial charge in [0, 0.05) is 0 Å². The molecular formula is C11H12BrN3O. The van der Waals surface area contributed by atoms with E-state index in [1.165, 1.54) is 5.56 Å². The van der Waals surface area contributed by atoms with Crippen LogP contribution in [0.3, 0.4) is 0 Å². The van der Waals surface area contributed by atoms with E-state index >= 15 is 0 Å². The Balaban J connectivity index is 2.16. The van der Waals surface area contributed by atoms with Gasteiger partial charge in [-0.25, -0.2) is 10.6 Å². The molecule has 0 saturated carbocycles. The largest absolute Gasteiger partial charge is 0.304 e.